The number of carbonyl (C=O) groups excluding carboxylic acids is 1. The molecular formula is C13H13ClF3NO3S. The number of halogens is 4. The van der Waals surface area contributed by atoms with Crippen molar-refractivity contribution in [1.82, 2.24) is 4.90 Å². The second-order valence-electron chi connectivity index (χ2n) is 4.51. The van der Waals surface area contributed by atoms with Crippen LogP contribution in [0.25, 0.3) is 0 Å². The van der Waals surface area contributed by atoms with Crippen LogP contribution in [0.2, 0.25) is 5.02 Å². The minimum absolute atomic E-state index is 0.106. The van der Waals surface area contributed by atoms with E-state index in [0.29, 0.717) is 4.90 Å². The number of sulfone groups is 1. The molecule has 1 rings (SSSR count). The van der Waals surface area contributed by atoms with E-state index < -0.39 is 28.5 Å². The zero-order valence-corrected chi connectivity index (χ0v) is 13.1. The lowest BCUT2D eigenvalue weighted by Crippen LogP contribution is -2.39. The topological polar surface area (TPSA) is 54.5 Å². The van der Waals surface area contributed by atoms with Crippen molar-refractivity contribution in [3.8, 4) is 0 Å². The van der Waals surface area contributed by atoms with Crippen molar-refractivity contribution in [2.24, 2.45) is 0 Å². The van der Waals surface area contributed by atoms with Crippen molar-refractivity contribution in [1.29, 1.82) is 0 Å². The number of carbonyl (C=O) groups is 1. The summed E-state index contributed by atoms with van der Waals surface area (Å²) < 4.78 is 60.6. The van der Waals surface area contributed by atoms with Crippen LogP contribution in [-0.2, 0) is 9.84 Å². The molecule has 0 fully saturated rings. The molecular weight excluding hydrogens is 343 g/mol. The maximum atomic E-state index is 12.5. The fourth-order valence-electron chi connectivity index (χ4n) is 1.69. The zero-order valence-electron chi connectivity index (χ0n) is 11.5. The third kappa shape index (κ3) is 5.03. The number of rotatable bonds is 5. The van der Waals surface area contributed by atoms with Crippen molar-refractivity contribution in [3.63, 3.8) is 0 Å². The first kappa shape index (κ1) is 18.5. The lowest BCUT2D eigenvalue weighted by Gasteiger charge is -2.22. The molecule has 0 aromatic heterocycles. The molecule has 1 aromatic rings. The number of benzene rings is 1. The van der Waals surface area contributed by atoms with Crippen molar-refractivity contribution < 1.29 is 26.4 Å². The predicted molar refractivity (Wildman–Crippen MR) is 76.7 cm³/mol. The Balaban J connectivity index is 3.22. The molecule has 0 radical (unpaired) electrons. The summed E-state index contributed by atoms with van der Waals surface area (Å²) in [6.45, 7) is 1.51. The highest BCUT2D eigenvalue weighted by atomic mass is 35.5. The minimum Gasteiger partial charge on any atom is -0.326 e. The number of alkyl halides is 3. The van der Waals surface area contributed by atoms with Crippen LogP contribution in [0.1, 0.15) is 10.4 Å². The smallest absolute Gasteiger partial charge is 0.326 e. The first-order chi connectivity index (χ1) is 9.95. The van der Waals surface area contributed by atoms with E-state index in [1.165, 1.54) is 6.07 Å². The van der Waals surface area contributed by atoms with Crippen LogP contribution in [0.3, 0.4) is 0 Å². The van der Waals surface area contributed by atoms with E-state index in [-0.39, 0.29) is 22.0 Å². The van der Waals surface area contributed by atoms with E-state index >= 15 is 0 Å². The van der Waals surface area contributed by atoms with Gasteiger partial charge in [-0.3, -0.25) is 4.79 Å². The van der Waals surface area contributed by atoms with Crippen molar-refractivity contribution in [2.75, 3.05) is 19.3 Å². The summed E-state index contributed by atoms with van der Waals surface area (Å²) in [7, 11) is -3.71. The molecule has 122 valence electrons. The summed E-state index contributed by atoms with van der Waals surface area (Å²) in [5.74, 6) is -0.959. The molecule has 1 aromatic carbocycles. The van der Waals surface area contributed by atoms with Gasteiger partial charge in [0.15, 0.2) is 9.84 Å². The van der Waals surface area contributed by atoms with E-state index in [4.69, 9.17) is 11.6 Å². The van der Waals surface area contributed by atoms with Gasteiger partial charge in [-0.2, -0.15) is 13.2 Å². The van der Waals surface area contributed by atoms with Crippen LogP contribution >= 0.6 is 11.6 Å². The van der Waals surface area contributed by atoms with Gasteiger partial charge in [-0.15, -0.1) is 6.58 Å². The Morgan fingerprint density at radius 1 is 1.41 bits per heavy atom. The van der Waals surface area contributed by atoms with Gasteiger partial charge in [0, 0.05) is 18.4 Å². The normalized spacial score (nSPS) is 12.0. The van der Waals surface area contributed by atoms with Crippen molar-refractivity contribution >= 4 is 27.3 Å². The Hall–Kier alpha value is -1.54. The Morgan fingerprint density at radius 2 is 2.00 bits per heavy atom. The number of hydrogen-bond acceptors (Lipinski definition) is 3. The van der Waals surface area contributed by atoms with Crippen LogP contribution in [0.15, 0.2) is 35.7 Å². The third-order valence-electron chi connectivity index (χ3n) is 2.58. The standard InChI is InChI=1S/C13H13ClF3NO3S/c1-3-6-18(8-13(15,16)17)12(19)9-4-5-10(14)11(7-9)22(2,20)21/h3-5,7H,1,6,8H2,2H3. The second-order valence-corrected chi connectivity index (χ2v) is 6.90. The van der Waals surface area contributed by atoms with Gasteiger partial charge < -0.3 is 4.90 Å². The molecule has 9 heteroatoms. The van der Waals surface area contributed by atoms with Crippen molar-refractivity contribution in [2.45, 2.75) is 11.1 Å². The van der Waals surface area contributed by atoms with Crippen LogP contribution in [0.5, 0.6) is 0 Å². The Kier molecular flexibility index (Phi) is 5.64. The van der Waals surface area contributed by atoms with E-state index in [1.807, 2.05) is 0 Å². The molecule has 4 nitrogen and oxygen atoms in total. The first-order valence-electron chi connectivity index (χ1n) is 5.92. The first-order valence-corrected chi connectivity index (χ1v) is 8.19. The summed E-state index contributed by atoms with van der Waals surface area (Å²) in [6.07, 6.45) is -2.54. The molecule has 0 saturated heterocycles. The van der Waals surface area contributed by atoms with E-state index in [9.17, 15) is 26.4 Å². The van der Waals surface area contributed by atoms with Gasteiger partial charge in [0.25, 0.3) is 5.91 Å². The van der Waals surface area contributed by atoms with Crippen LogP contribution < -0.4 is 0 Å². The monoisotopic (exact) mass is 355 g/mol. The fourth-order valence-corrected chi connectivity index (χ4v) is 3.00. The van der Waals surface area contributed by atoms with Gasteiger partial charge in [0.05, 0.1) is 9.92 Å². The van der Waals surface area contributed by atoms with Crippen molar-refractivity contribution in [3.05, 3.63) is 41.4 Å². The Labute approximate surface area is 131 Å². The average molecular weight is 356 g/mol. The highest BCUT2D eigenvalue weighted by Gasteiger charge is 2.33. The van der Waals surface area contributed by atoms with Gasteiger partial charge in [-0.05, 0) is 18.2 Å². The Morgan fingerprint density at radius 3 is 2.45 bits per heavy atom. The lowest BCUT2D eigenvalue weighted by atomic mass is 10.2. The molecule has 0 saturated carbocycles. The van der Waals surface area contributed by atoms with Crippen LogP contribution in [0, 0.1) is 0 Å². The SMILES string of the molecule is C=CCN(CC(F)(F)F)C(=O)c1ccc(Cl)c(S(C)(=O)=O)c1. The summed E-state index contributed by atoms with van der Waals surface area (Å²) in [5, 5.41) is -0.106. The largest absolute Gasteiger partial charge is 0.406 e. The average Bonchev–Trinajstić information content (AvgIpc) is 2.35. The summed E-state index contributed by atoms with van der Waals surface area (Å²) >= 11 is 5.73. The lowest BCUT2D eigenvalue weighted by molar-refractivity contribution is -0.139. The van der Waals surface area contributed by atoms with Gasteiger partial charge in [-0.25, -0.2) is 8.42 Å². The number of hydrogen-bond donors (Lipinski definition) is 0. The van der Waals surface area contributed by atoms with Gasteiger partial charge in [-0.1, -0.05) is 17.7 Å². The molecule has 0 atom stereocenters. The molecule has 0 aliphatic rings. The maximum absolute atomic E-state index is 12.5. The molecule has 22 heavy (non-hydrogen) atoms. The summed E-state index contributed by atoms with van der Waals surface area (Å²) in [6, 6.07) is 3.29. The zero-order chi connectivity index (χ0) is 17.1. The second kappa shape index (κ2) is 6.70. The molecule has 0 bridgehead atoms. The van der Waals surface area contributed by atoms with Gasteiger partial charge in [0.1, 0.15) is 6.54 Å². The summed E-state index contributed by atoms with van der Waals surface area (Å²) in [5.41, 5.74) is -0.198. The highest BCUT2D eigenvalue weighted by Crippen LogP contribution is 2.24. The molecule has 0 unspecified atom stereocenters. The highest BCUT2D eigenvalue weighted by molar-refractivity contribution is 7.90. The molecule has 0 heterocycles. The third-order valence-corrected chi connectivity index (χ3v) is 4.16. The maximum Gasteiger partial charge on any atom is 0.406 e. The fraction of sp³-hybridized carbons (Fsp3) is 0.308. The quantitative estimate of drug-likeness (QED) is 0.763. The van der Waals surface area contributed by atoms with Crippen LogP contribution in [0.4, 0.5) is 13.2 Å². The molecule has 1 amide bonds. The molecule has 0 spiro atoms. The van der Waals surface area contributed by atoms with Gasteiger partial charge >= 0.3 is 6.18 Å². The Bertz CT molecular complexity index is 686. The van der Waals surface area contributed by atoms with E-state index in [0.717, 1.165) is 24.5 Å². The molecule has 0 N–H and O–H groups in total. The minimum atomic E-state index is -4.58. The summed E-state index contributed by atoms with van der Waals surface area (Å²) in [4.78, 5) is 12.3. The predicted octanol–water partition coefficient (Wildman–Crippen LogP) is 2.93. The van der Waals surface area contributed by atoms with Crippen LogP contribution in [-0.4, -0.2) is 44.7 Å². The van der Waals surface area contributed by atoms with E-state index in [2.05, 4.69) is 6.58 Å². The molecule has 0 aliphatic heterocycles. The van der Waals surface area contributed by atoms with E-state index in [1.54, 1.807) is 0 Å². The number of amides is 1. The molecule has 0 aliphatic carbocycles. The van der Waals surface area contributed by atoms with Gasteiger partial charge in [0.2, 0.25) is 0 Å². The number of nitrogens with zero attached hydrogens (tertiary/aromatic N) is 1.